The minimum atomic E-state index is -0.352. The topological polar surface area (TPSA) is 109 Å². The molecule has 0 aromatic heterocycles. The highest BCUT2D eigenvalue weighted by Crippen LogP contribution is 2.10. The summed E-state index contributed by atoms with van der Waals surface area (Å²) in [6.07, 6.45) is 13.4. The largest absolute Gasteiger partial charge is 0.460 e. The summed E-state index contributed by atoms with van der Waals surface area (Å²) in [6, 6.07) is 8.87. The first-order valence-corrected chi connectivity index (χ1v) is 18.3. The molecule has 0 heterocycles. The summed E-state index contributed by atoms with van der Waals surface area (Å²) in [6.45, 7) is 11.9. The first-order valence-electron chi connectivity index (χ1n) is 18.3. The Balaban J connectivity index is 1.62. The molecule has 0 unspecified atom stereocenters. The fourth-order valence-electron chi connectivity index (χ4n) is 4.40. The fraction of sp³-hybridized carbons (Fsp3) is 0.811. The van der Waals surface area contributed by atoms with Crippen molar-refractivity contribution in [1.29, 1.82) is 0 Å². The van der Waals surface area contributed by atoms with Gasteiger partial charge in [-0.25, -0.2) is 4.79 Å². The van der Waals surface area contributed by atoms with Crippen molar-refractivity contribution in [3.8, 4) is 0 Å². The second-order valence-corrected chi connectivity index (χ2v) is 11.2. The van der Waals surface area contributed by atoms with Gasteiger partial charge in [-0.1, -0.05) is 82.9 Å². The van der Waals surface area contributed by atoms with Crippen LogP contribution >= 0.6 is 0 Å². The molecule has 0 radical (unpaired) electrons. The van der Waals surface area contributed by atoms with Crippen molar-refractivity contribution in [3.63, 3.8) is 0 Å². The first kappa shape index (κ1) is 44.4. The van der Waals surface area contributed by atoms with Gasteiger partial charge in [0.05, 0.1) is 118 Å². The van der Waals surface area contributed by atoms with E-state index in [-0.39, 0.29) is 12.6 Å². The van der Waals surface area contributed by atoms with Crippen LogP contribution in [0, 0.1) is 0 Å². The van der Waals surface area contributed by atoms with Crippen molar-refractivity contribution in [2.75, 3.05) is 126 Å². The summed E-state index contributed by atoms with van der Waals surface area (Å²) in [7, 11) is 0. The number of hydrogen-bond donors (Lipinski definition) is 0. The molecule has 280 valence electrons. The van der Waals surface area contributed by atoms with Gasteiger partial charge in [0.1, 0.15) is 6.61 Å². The molecule has 11 nitrogen and oxygen atoms in total. The Morgan fingerprint density at radius 1 is 0.375 bits per heavy atom. The summed E-state index contributed by atoms with van der Waals surface area (Å²) in [5.41, 5.74) is 0.530. The van der Waals surface area contributed by atoms with Gasteiger partial charge in [0.2, 0.25) is 0 Å². The number of unbranched alkanes of at least 4 members (excludes halogenated alkanes) is 9. The van der Waals surface area contributed by atoms with Gasteiger partial charge in [-0.05, 0) is 18.6 Å². The van der Waals surface area contributed by atoms with Crippen LogP contribution in [0.2, 0.25) is 0 Å². The summed E-state index contributed by atoms with van der Waals surface area (Å²) in [5.74, 6) is -0.352. The molecule has 0 aliphatic heterocycles. The van der Waals surface area contributed by atoms with Crippen molar-refractivity contribution in [2.45, 2.75) is 71.1 Å². The third-order valence-electron chi connectivity index (χ3n) is 7.09. The maximum absolute atomic E-state index is 11.8. The lowest BCUT2D eigenvalue weighted by molar-refractivity contribution is -0.0259. The van der Waals surface area contributed by atoms with Crippen molar-refractivity contribution in [1.82, 2.24) is 0 Å². The molecule has 0 fully saturated rings. The normalized spacial score (nSPS) is 11.4. The maximum atomic E-state index is 11.8. The molecular weight excluding hydrogens is 620 g/mol. The number of ether oxygens (including phenoxy) is 10. The molecule has 1 aromatic rings. The minimum Gasteiger partial charge on any atom is -0.460 e. The number of benzene rings is 1. The molecule has 0 spiro atoms. The van der Waals surface area contributed by atoms with Crippen LogP contribution < -0.4 is 0 Å². The molecule has 0 aliphatic rings. The Labute approximate surface area is 290 Å². The molecular formula is C37H66O11. The van der Waals surface area contributed by atoms with E-state index in [0.717, 1.165) is 13.0 Å². The number of esters is 1. The second kappa shape index (κ2) is 38.1. The second-order valence-electron chi connectivity index (χ2n) is 11.2. The van der Waals surface area contributed by atoms with Gasteiger partial charge in [-0.2, -0.15) is 0 Å². The average Bonchev–Trinajstić information content (AvgIpc) is 3.11. The molecule has 0 saturated carbocycles. The summed E-state index contributed by atoms with van der Waals surface area (Å²) in [4.78, 5) is 11.8. The third-order valence-corrected chi connectivity index (χ3v) is 7.09. The number of hydrogen-bond acceptors (Lipinski definition) is 11. The Hall–Kier alpha value is -1.67. The highest BCUT2D eigenvalue weighted by atomic mass is 16.6. The van der Waals surface area contributed by atoms with Crippen LogP contribution in [0.15, 0.2) is 30.3 Å². The van der Waals surface area contributed by atoms with Crippen LogP contribution in [0.25, 0.3) is 0 Å². The number of carbonyl (C=O) groups excluding carboxylic acids is 1. The van der Waals surface area contributed by atoms with Crippen molar-refractivity contribution in [2.24, 2.45) is 0 Å². The molecule has 0 saturated heterocycles. The molecule has 11 heteroatoms. The first-order chi connectivity index (χ1) is 23.8. The molecule has 0 amide bonds. The van der Waals surface area contributed by atoms with Gasteiger partial charge in [-0.3, -0.25) is 0 Å². The smallest absolute Gasteiger partial charge is 0.338 e. The lowest BCUT2D eigenvalue weighted by Crippen LogP contribution is -2.15. The average molecular weight is 687 g/mol. The van der Waals surface area contributed by atoms with E-state index in [1.807, 2.05) is 6.07 Å². The predicted molar refractivity (Wildman–Crippen MR) is 186 cm³/mol. The molecule has 0 aliphatic carbocycles. The predicted octanol–water partition coefficient (Wildman–Crippen LogP) is 5.91. The number of carbonyl (C=O) groups is 1. The van der Waals surface area contributed by atoms with E-state index in [1.165, 1.54) is 57.8 Å². The molecule has 0 N–H and O–H groups in total. The molecule has 48 heavy (non-hydrogen) atoms. The highest BCUT2D eigenvalue weighted by Gasteiger charge is 2.05. The van der Waals surface area contributed by atoms with E-state index in [0.29, 0.717) is 118 Å². The fourth-order valence-corrected chi connectivity index (χ4v) is 4.40. The van der Waals surface area contributed by atoms with E-state index < -0.39 is 0 Å². The third kappa shape index (κ3) is 32.9. The van der Waals surface area contributed by atoms with Gasteiger partial charge in [-0.15, -0.1) is 0 Å². The molecule has 0 atom stereocenters. The van der Waals surface area contributed by atoms with E-state index in [2.05, 4.69) is 6.92 Å². The standard InChI is InChI=1S/C37H66O11/c1-2-3-4-5-6-7-8-9-10-14-17-39-18-19-40-20-21-41-22-23-42-24-25-43-26-27-44-28-29-45-30-31-46-32-33-47-34-35-48-37(38)36-15-12-11-13-16-36/h11-13,15-16H,2-10,14,17-35H2,1H3. The molecule has 0 bridgehead atoms. The van der Waals surface area contributed by atoms with Gasteiger partial charge in [0, 0.05) is 6.61 Å². The van der Waals surface area contributed by atoms with Crippen molar-refractivity contribution >= 4 is 5.97 Å². The minimum absolute atomic E-state index is 0.207. The van der Waals surface area contributed by atoms with Gasteiger partial charge in [0.25, 0.3) is 0 Å². The van der Waals surface area contributed by atoms with Crippen LogP contribution in [0.1, 0.15) is 81.5 Å². The highest BCUT2D eigenvalue weighted by molar-refractivity contribution is 5.89. The van der Waals surface area contributed by atoms with Crippen LogP contribution in [-0.4, -0.2) is 132 Å². The summed E-state index contributed by atoms with van der Waals surface area (Å²) >= 11 is 0. The Morgan fingerprint density at radius 2 is 0.667 bits per heavy atom. The summed E-state index contributed by atoms with van der Waals surface area (Å²) < 4.78 is 54.7. The maximum Gasteiger partial charge on any atom is 0.338 e. The lowest BCUT2D eigenvalue weighted by Gasteiger charge is -2.09. The quantitative estimate of drug-likeness (QED) is 0.0609. The van der Waals surface area contributed by atoms with Crippen LogP contribution in [0.3, 0.4) is 0 Å². The Kier molecular flexibility index (Phi) is 35.2. The van der Waals surface area contributed by atoms with Crippen LogP contribution in [-0.2, 0) is 47.4 Å². The monoisotopic (exact) mass is 686 g/mol. The number of rotatable bonds is 39. The molecule has 1 rings (SSSR count). The lowest BCUT2D eigenvalue weighted by atomic mass is 10.1. The van der Waals surface area contributed by atoms with E-state index >= 15 is 0 Å². The van der Waals surface area contributed by atoms with Crippen molar-refractivity contribution < 1.29 is 52.2 Å². The van der Waals surface area contributed by atoms with Gasteiger partial charge >= 0.3 is 5.97 Å². The van der Waals surface area contributed by atoms with Crippen LogP contribution in [0.5, 0.6) is 0 Å². The van der Waals surface area contributed by atoms with E-state index in [9.17, 15) is 4.79 Å². The SMILES string of the molecule is CCCCCCCCCCCCOCCOCCOCCOCCOCCOCCOCCOCCOCCOC(=O)c1ccccc1. The summed E-state index contributed by atoms with van der Waals surface area (Å²) in [5, 5.41) is 0. The van der Waals surface area contributed by atoms with Gasteiger partial charge in [0.15, 0.2) is 0 Å². The van der Waals surface area contributed by atoms with E-state index in [4.69, 9.17) is 47.4 Å². The zero-order valence-electron chi connectivity index (χ0n) is 29.9. The Bertz CT molecular complexity index is 769. The van der Waals surface area contributed by atoms with Crippen LogP contribution in [0.4, 0.5) is 0 Å². The van der Waals surface area contributed by atoms with Gasteiger partial charge < -0.3 is 47.4 Å². The zero-order valence-corrected chi connectivity index (χ0v) is 29.9. The van der Waals surface area contributed by atoms with E-state index in [1.54, 1.807) is 24.3 Å². The Morgan fingerprint density at radius 3 is 1.02 bits per heavy atom. The molecule has 1 aromatic carbocycles. The van der Waals surface area contributed by atoms with Crippen molar-refractivity contribution in [3.05, 3.63) is 35.9 Å². The zero-order chi connectivity index (χ0) is 34.3.